The molecule has 0 bridgehead atoms. The third kappa shape index (κ3) is 4.31. The summed E-state index contributed by atoms with van der Waals surface area (Å²) in [5.74, 6) is -0.00374. The number of esters is 1. The number of aryl methyl sites for hydroxylation is 1. The van der Waals surface area contributed by atoms with Gasteiger partial charge in [0.05, 0.1) is 0 Å². The molecule has 15 heavy (non-hydrogen) atoms. The number of benzene rings is 1. The Hall–Kier alpha value is -1.77. The second kappa shape index (κ2) is 5.86. The summed E-state index contributed by atoms with van der Waals surface area (Å²) in [6.45, 7) is 3.71. The first-order valence-electron chi connectivity index (χ1n) is 4.77. The van der Waals surface area contributed by atoms with E-state index in [4.69, 9.17) is 9.84 Å². The van der Waals surface area contributed by atoms with Gasteiger partial charge in [-0.1, -0.05) is 24.8 Å². The van der Waals surface area contributed by atoms with Crippen molar-refractivity contribution in [2.45, 2.75) is 12.8 Å². The zero-order chi connectivity index (χ0) is 11.1. The fourth-order valence-electron chi connectivity index (χ4n) is 1.13. The Balaban J connectivity index is 2.33. The summed E-state index contributed by atoms with van der Waals surface area (Å²) >= 11 is 0. The molecule has 0 fully saturated rings. The molecule has 0 spiro atoms. The van der Waals surface area contributed by atoms with Gasteiger partial charge in [0, 0.05) is 6.42 Å². The summed E-state index contributed by atoms with van der Waals surface area (Å²) in [4.78, 5) is 11.1. The molecule has 3 heteroatoms. The standard InChI is InChI=1S/C12H14O3/c1-2-9-15-12(14)8-5-10-3-6-11(13)7-4-10/h2-4,6-7,13H,1,5,8-9H2. The third-order valence-corrected chi connectivity index (χ3v) is 1.92. The first kappa shape index (κ1) is 11.3. The van der Waals surface area contributed by atoms with Gasteiger partial charge in [0.2, 0.25) is 0 Å². The lowest BCUT2D eigenvalue weighted by Crippen LogP contribution is -2.05. The van der Waals surface area contributed by atoms with Crippen molar-refractivity contribution in [3.8, 4) is 5.75 Å². The lowest BCUT2D eigenvalue weighted by molar-refractivity contribution is -0.142. The summed E-state index contributed by atoms with van der Waals surface area (Å²) in [5.41, 5.74) is 1.00. The van der Waals surface area contributed by atoms with Gasteiger partial charge >= 0.3 is 5.97 Å². The number of hydrogen-bond acceptors (Lipinski definition) is 3. The van der Waals surface area contributed by atoms with Gasteiger partial charge in [-0.2, -0.15) is 0 Å². The van der Waals surface area contributed by atoms with E-state index in [0.717, 1.165) is 5.56 Å². The minimum Gasteiger partial charge on any atom is -0.508 e. The zero-order valence-corrected chi connectivity index (χ0v) is 8.48. The molecule has 0 unspecified atom stereocenters. The Bertz CT molecular complexity index is 327. The molecule has 1 aromatic rings. The quantitative estimate of drug-likeness (QED) is 0.592. The molecule has 0 saturated heterocycles. The van der Waals surface area contributed by atoms with Crippen LogP contribution in [0.2, 0.25) is 0 Å². The minimum atomic E-state index is -0.233. The molecular formula is C12H14O3. The van der Waals surface area contributed by atoms with Crippen molar-refractivity contribution in [3.63, 3.8) is 0 Å². The molecule has 0 atom stereocenters. The number of carbonyl (C=O) groups is 1. The number of rotatable bonds is 5. The van der Waals surface area contributed by atoms with E-state index in [1.807, 2.05) is 0 Å². The van der Waals surface area contributed by atoms with Crippen LogP contribution in [0.25, 0.3) is 0 Å². The lowest BCUT2D eigenvalue weighted by atomic mass is 10.1. The Morgan fingerprint density at radius 2 is 2.07 bits per heavy atom. The van der Waals surface area contributed by atoms with E-state index in [0.29, 0.717) is 12.8 Å². The van der Waals surface area contributed by atoms with Crippen molar-refractivity contribution in [2.75, 3.05) is 6.61 Å². The van der Waals surface area contributed by atoms with Crippen molar-refractivity contribution in [1.29, 1.82) is 0 Å². The molecule has 0 radical (unpaired) electrons. The Kier molecular flexibility index (Phi) is 4.41. The molecule has 0 heterocycles. The fraction of sp³-hybridized carbons (Fsp3) is 0.250. The topological polar surface area (TPSA) is 46.5 Å². The van der Waals surface area contributed by atoms with Gasteiger partial charge in [-0.25, -0.2) is 0 Å². The molecule has 1 N–H and O–H groups in total. The first-order valence-corrected chi connectivity index (χ1v) is 4.77. The van der Waals surface area contributed by atoms with Crippen LogP contribution >= 0.6 is 0 Å². The Labute approximate surface area is 89.0 Å². The Morgan fingerprint density at radius 3 is 2.67 bits per heavy atom. The summed E-state index contributed by atoms with van der Waals surface area (Å²) in [7, 11) is 0. The van der Waals surface area contributed by atoms with Crippen molar-refractivity contribution >= 4 is 5.97 Å². The number of aromatic hydroxyl groups is 1. The van der Waals surface area contributed by atoms with Crippen LogP contribution < -0.4 is 0 Å². The van der Waals surface area contributed by atoms with Gasteiger partial charge in [-0.15, -0.1) is 0 Å². The summed E-state index contributed by atoms with van der Waals surface area (Å²) in [6.07, 6.45) is 2.51. The maximum atomic E-state index is 11.1. The molecule has 0 aliphatic rings. The highest BCUT2D eigenvalue weighted by Crippen LogP contribution is 2.11. The average molecular weight is 206 g/mol. The normalized spacial score (nSPS) is 9.60. The maximum Gasteiger partial charge on any atom is 0.306 e. The van der Waals surface area contributed by atoms with Crippen LogP contribution in [0.5, 0.6) is 5.75 Å². The van der Waals surface area contributed by atoms with E-state index in [1.54, 1.807) is 30.3 Å². The third-order valence-electron chi connectivity index (χ3n) is 1.92. The monoisotopic (exact) mass is 206 g/mol. The SMILES string of the molecule is C=CCOC(=O)CCc1ccc(O)cc1. The molecule has 1 rings (SSSR count). The van der Waals surface area contributed by atoms with Gasteiger partial charge in [0.25, 0.3) is 0 Å². The first-order chi connectivity index (χ1) is 7.22. The Morgan fingerprint density at radius 1 is 1.40 bits per heavy atom. The van der Waals surface area contributed by atoms with E-state index in [9.17, 15) is 4.79 Å². The van der Waals surface area contributed by atoms with Crippen LogP contribution in [-0.4, -0.2) is 17.7 Å². The average Bonchev–Trinajstić information content (AvgIpc) is 2.25. The summed E-state index contributed by atoms with van der Waals surface area (Å²) in [6, 6.07) is 6.78. The lowest BCUT2D eigenvalue weighted by Gasteiger charge is -2.02. The van der Waals surface area contributed by atoms with E-state index < -0.39 is 0 Å². The molecule has 0 aliphatic heterocycles. The fourth-order valence-corrected chi connectivity index (χ4v) is 1.13. The van der Waals surface area contributed by atoms with Crippen molar-refractivity contribution in [1.82, 2.24) is 0 Å². The van der Waals surface area contributed by atoms with Gasteiger partial charge in [-0.3, -0.25) is 4.79 Å². The number of hydrogen-bond donors (Lipinski definition) is 1. The molecule has 1 aromatic carbocycles. The minimum absolute atomic E-state index is 0.230. The number of phenolic OH excluding ortho intramolecular Hbond substituents is 1. The van der Waals surface area contributed by atoms with Crippen molar-refractivity contribution in [2.24, 2.45) is 0 Å². The van der Waals surface area contributed by atoms with Crippen LogP contribution in [0, 0.1) is 0 Å². The van der Waals surface area contributed by atoms with E-state index in [2.05, 4.69) is 6.58 Å². The number of carbonyl (C=O) groups excluding carboxylic acids is 1. The van der Waals surface area contributed by atoms with Gasteiger partial charge in [0.15, 0.2) is 0 Å². The van der Waals surface area contributed by atoms with Gasteiger partial charge < -0.3 is 9.84 Å². The van der Waals surface area contributed by atoms with E-state index in [1.165, 1.54) is 0 Å². The van der Waals surface area contributed by atoms with Crippen LogP contribution in [-0.2, 0) is 16.0 Å². The van der Waals surface area contributed by atoms with E-state index >= 15 is 0 Å². The van der Waals surface area contributed by atoms with Crippen LogP contribution in [0.1, 0.15) is 12.0 Å². The van der Waals surface area contributed by atoms with Crippen LogP contribution in [0.4, 0.5) is 0 Å². The molecule has 0 amide bonds. The number of phenols is 1. The summed E-state index contributed by atoms with van der Waals surface area (Å²) in [5, 5.41) is 9.05. The van der Waals surface area contributed by atoms with E-state index in [-0.39, 0.29) is 18.3 Å². The highest BCUT2D eigenvalue weighted by atomic mass is 16.5. The van der Waals surface area contributed by atoms with Crippen molar-refractivity contribution < 1.29 is 14.6 Å². The molecule has 3 nitrogen and oxygen atoms in total. The smallest absolute Gasteiger partial charge is 0.306 e. The molecule has 80 valence electrons. The second-order valence-electron chi connectivity index (χ2n) is 3.14. The number of ether oxygens (including phenoxy) is 1. The maximum absolute atomic E-state index is 11.1. The molecule has 0 aromatic heterocycles. The molecular weight excluding hydrogens is 192 g/mol. The summed E-state index contributed by atoms with van der Waals surface area (Å²) < 4.78 is 4.83. The van der Waals surface area contributed by atoms with Crippen LogP contribution in [0.3, 0.4) is 0 Å². The molecule has 0 aliphatic carbocycles. The predicted octanol–water partition coefficient (Wildman–Crippen LogP) is 2.05. The van der Waals surface area contributed by atoms with Gasteiger partial charge in [-0.05, 0) is 24.1 Å². The second-order valence-corrected chi connectivity index (χ2v) is 3.14. The van der Waals surface area contributed by atoms with Gasteiger partial charge in [0.1, 0.15) is 12.4 Å². The van der Waals surface area contributed by atoms with Crippen LogP contribution in [0.15, 0.2) is 36.9 Å². The highest BCUT2D eigenvalue weighted by molar-refractivity contribution is 5.69. The molecule has 0 saturated carbocycles. The highest BCUT2D eigenvalue weighted by Gasteiger charge is 2.02. The largest absolute Gasteiger partial charge is 0.508 e. The predicted molar refractivity (Wildman–Crippen MR) is 57.6 cm³/mol. The van der Waals surface area contributed by atoms with Crippen molar-refractivity contribution in [3.05, 3.63) is 42.5 Å². The zero-order valence-electron chi connectivity index (χ0n) is 8.48.